The van der Waals surface area contributed by atoms with Crippen molar-refractivity contribution in [2.75, 3.05) is 0 Å². The van der Waals surface area contributed by atoms with Gasteiger partial charge in [0.05, 0.1) is 11.7 Å². The van der Waals surface area contributed by atoms with E-state index in [0.717, 1.165) is 22.0 Å². The van der Waals surface area contributed by atoms with E-state index in [4.69, 9.17) is 0 Å². The molecule has 4 heteroatoms. The van der Waals surface area contributed by atoms with Gasteiger partial charge in [-0.3, -0.25) is 4.98 Å². The summed E-state index contributed by atoms with van der Waals surface area (Å²) >= 11 is 0. The number of aliphatic hydroxyl groups excluding tert-OH is 1. The topological polar surface area (TPSA) is 58.9 Å². The van der Waals surface area contributed by atoms with Crippen LogP contribution in [-0.2, 0) is 0 Å². The third kappa shape index (κ3) is 1.94. The number of pyridine rings is 1. The smallest absolute Gasteiger partial charge is 0.106 e. The molecule has 0 aliphatic heterocycles. The first-order chi connectivity index (χ1) is 8.84. The molecule has 1 aromatic carbocycles. The summed E-state index contributed by atoms with van der Waals surface area (Å²) in [6.45, 7) is 0. The zero-order valence-electron chi connectivity index (χ0n) is 9.56. The number of fused-ring (bicyclic) bond motifs is 1. The maximum absolute atomic E-state index is 10.3. The fourth-order valence-corrected chi connectivity index (χ4v) is 1.91. The highest BCUT2D eigenvalue weighted by molar-refractivity contribution is 5.79. The standard InChI is InChI=1S/C14H11N3O/c18-14(12-5-7-16-17-9-12)11-4-3-10-2-1-6-15-13(10)8-11/h1-9,14,18H. The van der Waals surface area contributed by atoms with Crippen LogP contribution in [0.1, 0.15) is 17.2 Å². The van der Waals surface area contributed by atoms with E-state index < -0.39 is 6.10 Å². The first-order valence-electron chi connectivity index (χ1n) is 5.64. The highest BCUT2D eigenvalue weighted by Gasteiger charge is 2.11. The number of benzene rings is 1. The largest absolute Gasteiger partial charge is 0.384 e. The summed E-state index contributed by atoms with van der Waals surface area (Å²) in [4.78, 5) is 4.28. The molecule has 4 nitrogen and oxygen atoms in total. The minimum Gasteiger partial charge on any atom is -0.384 e. The molecule has 3 rings (SSSR count). The number of aliphatic hydroxyl groups is 1. The molecule has 3 aromatic rings. The lowest BCUT2D eigenvalue weighted by molar-refractivity contribution is 0.220. The van der Waals surface area contributed by atoms with Crippen molar-refractivity contribution in [3.63, 3.8) is 0 Å². The Balaban J connectivity index is 2.04. The second kappa shape index (κ2) is 4.50. The first-order valence-corrected chi connectivity index (χ1v) is 5.64. The van der Waals surface area contributed by atoms with Gasteiger partial charge in [0.2, 0.25) is 0 Å². The summed E-state index contributed by atoms with van der Waals surface area (Å²) in [5, 5.41) is 18.8. The Bertz CT molecular complexity index is 670. The van der Waals surface area contributed by atoms with E-state index in [9.17, 15) is 5.11 Å². The molecule has 0 bridgehead atoms. The van der Waals surface area contributed by atoms with Crippen LogP contribution >= 0.6 is 0 Å². The molecule has 2 heterocycles. The maximum atomic E-state index is 10.3. The van der Waals surface area contributed by atoms with Crippen molar-refractivity contribution in [3.8, 4) is 0 Å². The average Bonchev–Trinajstić information content (AvgIpc) is 2.47. The Hall–Kier alpha value is -2.33. The molecule has 1 N–H and O–H groups in total. The predicted octanol–water partition coefficient (Wildman–Crippen LogP) is 2.11. The molecule has 0 saturated carbocycles. The molecule has 0 amide bonds. The van der Waals surface area contributed by atoms with Crippen molar-refractivity contribution in [1.29, 1.82) is 0 Å². The molecule has 0 saturated heterocycles. The zero-order chi connectivity index (χ0) is 12.4. The number of rotatable bonds is 2. The molecular formula is C14H11N3O. The second-order valence-electron chi connectivity index (χ2n) is 4.03. The summed E-state index contributed by atoms with van der Waals surface area (Å²) in [7, 11) is 0. The third-order valence-electron chi connectivity index (χ3n) is 2.87. The van der Waals surface area contributed by atoms with Gasteiger partial charge in [0, 0.05) is 23.3 Å². The van der Waals surface area contributed by atoms with Gasteiger partial charge in [0.15, 0.2) is 0 Å². The van der Waals surface area contributed by atoms with Crippen LogP contribution in [0.5, 0.6) is 0 Å². The van der Waals surface area contributed by atoms with Gasteiger partial charge in [-0.1, -0.05) is 18.2 Å². The van der Waals surface area contributed by atoms with E-state index in [-0.39, 0.29) is 0 Å². The van der Waals surface area contributed by atoms with E-state index in [1.165, 1.54) is 0 Å². The molecule has 0 aliphatic rings. The molecule has 0 spiro atoms. The van der Waals surface area contributed by atoms with Crippen molar-refractivity contribution < 1.29 is 5.11 Å². The van der Waals surface area contributed by atoms with Crippen LogP contribution in [0.15, 0.2) is 55.0 Å². The average molecular weight is 237 g/mol. The van der Waals surface area contributed by atoms with Gasteiger partial charge in [-0.25, -0.2) is 0 Å². The molecule has 1 unspecified atom stereocenters. The summed E-state index contributed by atoms with van der Waals surface area (Å²) in [5.74, 6) is 0. The van der Waals surface area contributed by atoms with E-state index >= 15 is 0 Å². The minimum atomic E-state index is -0.702. The van der Waals surface area contributed by atoms with Crippen molar-refractivity contribution in [2.45, 2.75) is 6.10 Å². The van der Waals surface area contributed by atoms with Crippen LogP contribution < -0.4 is 0 Å². The van der Waals surface area contributed by atoms with Crippen molar-refractivity contribution in [1.82, 2.24) is 15.2 Å². The summed E-state index contributed by atoms with van der Waals surface area (Å²) < 4.78 is 0. The van der Waals surface area contributed by atoms with E-state index in [0.29, 0.717) is 0 Å². The maximum Gasteiger partial charge on any atom is 0.106 e. The molecule has 88 valence electrons. The van der Waals surface area contributed by atoms with Crippen LogP contribution in [0.4, 0.5) is 0 Å². The number of nitrogens with zero attached hydrogens (tertiary/aromatic N) is 3. The van der Waals surface area contributed by atoms with Crippen LogP contribution in [-0.4, -0.2) is 20.3 Å². The van der Waals surface area contributed by atoms with Crippen LogP contribution in [0.2, 0.25) is 0 Å². The van der Waals surface area contributed by atoms with Crippen LogP contribution in [0.3, 0.4) is 0 Å². The van der Waals surface area contributed by atoms with Crippen LogP contribution in [0.25, 0.3) is 10.9 Å². The SMILES string of the molecule is OC(c1ccnnc1)c1ccc2cccnc2c1. The van der Waals surface area contributed by atoms with Gasteiger partial charge in [0.25, 0.3) is 0 Å². The highest BCUT2D eigenvalue weighted by atomic mass is 16.3. The normalized spacial score (nSPS) is 12.5. The number of aromatic nitrogens is 3. The van der Waals surface area contributed by atoms with Crippen molar-refractivity contribution in [3.05, 3.63) is 66.1 Å². The Labute approximate surface area is 104 Å². The second-order valence-corrected chi connectivity index (χ2v) is 4.03. The highest BCUT2D eigenvalue weighted by Crippen LogP contribution is 2.23. The van der Waals surface area contributed by atoms with Gasteiger partial charge < -0.3 is 5.11 Å². The van der Waals surface area contributed by atoms with Crippen molar-refractivity contribution in [2.24, 2.45) is 0 Å². The molecule has 2 aromatic heterocycles. The number of hydrogen-bond donors (Lipinski definition) is 1. The van der Waals surface area contributed by atoms with E-state index in [1.807, 2.05) is 30.3 Å². The monoisotopic (exact) mass is 237 g/mol. The zero-order valence-corrected chi connectivity index (χ0v) is 9.56. The Morgan fingerprint density at radius 2 is 1.89 bits per heavy atom. The predicted molar refractivity (Wildman–Crippen MR) is 67.8 cm³/mol. The van der Waals surface area contributed by atoms with Crippen molar-refractivity contribution >= 4 is 10.9 Å². The van der Waals surface area contributed by atoms with Gasteiger partial charge >= 0.3 is 0 Å². The van der Waals surface area contributed by atoms with E-state index in [1.54, 1.807) is 24.7 Å². The molecule has 0 radical (unpaired) electrons. The fraction of sp³-hybridized carbons (Fsp3) is 0.0714. The summed E-state index contributed by atoms with van der Waals surface area (Å²) in [6, 6.07) is 11.4. The van der Waals surface area contributed by atoms with E-state index in [2.05, 4.69) is 15.2 Å². The molecule has 18 heavy (non-hydrogen) atoms. The first kappa shape index (κ1) is 10.8. The lowest BCUT2D eigenvalue weighted by atomic mass is 10.0. The Morgan fingerprint density at radius 1 is 0.944 bits per heavy atom. The molecule has 0 aliphatic carbocycles. The molecule has 1 atom stereocenters. The molecule has 0 fully saturated rings. The number of hydrogen-bond acceptors (Lipinski definition) is 4. The molecular weight excluding hydrogens is 226 g/mol. The minimum absolute atomic E-state index is 0.702. The quantitative estimate of drug-likeness (QED) is 0.741. The third-order valence-corrected chi connectivity index (χ3v) is 2.87. The Kier molecular flexibility index (Phi) is 2.70. The van der Waals surface area contributed by atoms with Gasteiger partial charge in [-0.15, -0.1) is 0 Å². The summed E-state index contributed by atoms with van der Waals surface area (Å²) in [5.41, 5.74) is 2.39. The Morgan fingerprint density at radius 3 is 2.72 bits per heavy atom. The van der Waals surface area contributed by atoms with Crippen LogP contribution in [0, 0.1) is 0 Å². The van der Waals surface area contributed by atoms with Gasteiger partial charge in [-0.2, -0.15) is 10.2 Å². The van der Waals surface area contributed by atoms with Gasteiger partial charge in [0.1, 0.15) is 6.10 Å². The fourth-order valence-electron chi connectivity index (χ4n) is 1.91. The lowest BCUT2D eigenvalue weighted by Crippen LogP contribution is -2.00. The lowest BCUT2D eigenvalue weighted by Gasteiger charge is -2.11. The summed E-state index contributed by atoms with van der Waals surface area (Å²) in [6.07, 6.45) is 4.17. The van der Waals surface area contributed by atoms with Gasteiger partial charge in [-0.05, 0) is 23.8 Å².